The number of ether oxygens (including phenoxy) is 2. The van der Waals surface area contributed by atoms with Crippen molar-refractivity contribution in [2.24, 2.45) is 0 Å². The quantitative estimate of drug-likeness (QED) is 0.870. The van der Waals surface area contributed by atoms with Crippen LogP contribution in [0.3, 0.4) is 0 Å². The Bertz CT molecular complexity index is 610. The van der Waals surface area contributed by atoms with Gasteiger partial charge in [0.05, 0.1) is 18.8 Å². The first kappa shape index (κ1) is 13.6. The molecule has 0 radical (unpaired) electrons. The fourth-order valence-electron chi connectivity index (χ4n) is 2.48. The number of rotatable bonds is 2. The monoisotopic (exact) mass is 289 g/mol. The molecular weight excluding hydrogens is 274 g/mol. The molecule has 1 amide bonds. The zero-order valence-corrected chi connectivity index (χ0v) is 11.3. The largest absolute Gasteiger partial charge is 0.488 e. The van der Waals surface area contributed by atoms with E-state index in [1.54, 1.807) is 6.08 Å². The van der Waals surface area contributed by atoms with E-state index in [-0.39, 0.29) is 25.7 Å². The third-order valence-electron chi connectivity index (χ3n) is 3.58. The van der Waals surface area contributed by atoms with E-state index in [1.165, 1.54) is 4.90 Å². The molecule has 2 aliphatic heterocycles. The van der Waals surface area contributed by atoms with E-state index < -0.39 is 12.0 Å². The standard InChI is InChI=1S/C15H15NO5/c17-14(16-5-6-20-9-12(16)15(18)19)11-7-10-3-1-2-4-13(10)21-8-11/h1-4,7,12H,5-6,8-9H2,(H,18,19). The third-order valence-corrected chi connectivity index (χ3v) is 3.58. The molecule has 6 nitrogen and oxygen atoms in total. The molecule has 110 valence electrons. The summed E-state index contributed by atoms with van der Waals surface area (Å²) in [7, 11) is 0. The van der Waals surface area contributed by atoms with E-state index in [0.717, 1.165) is 11.3 Å². The molecule has 21 heavy (non-hydrogen) atoms. The van der Waals surface area contributed by atoms with Gasteiger partial charge in [0, 0.05) is 12.1 Å². The minimum Gasteiger partial charge on any atom is -0.488 e. The van der Waals surface area contributed by atoms with Gasteiger partial charge >= 0.3 is 5.97 Å². The van der Waals surface area contributed by atoms with Crippen molar-refractivity contribution in [1.29, 1.82) is 0 Å². The van der Waals surface area contributed by atoms with Crippen molar-refractivity contribution < 1.29 is 24.2 Å². The van der Waals surface area contributed by atoms with E-state index >= 15 is 0 Å². The molecule has 0 aliphatic carbocycles. The maximum Gasteiger partial charge on any atom is 0.328 e. The SMILES string of the molecule is O=C(O)C1COCCN1C(=O)C1=Cc2ccccc2OC1. The Kier molecular flexibility index (Phi) is 3.62. The molecule has 1 aromatic carbocycles. The molecule has 6 heteroatoms. The maximum atomic E-state index is 12.5. The van der Waals surface area contributed by atoms with Crippen molar-refractivity contribution >= 4 is 18.0 Å². The average molecular weight is 289 g/mol. The number of benzene rings is 1. The summed E-state index contributed by atoms with van der Waals surface area (Å²) in [5, 5.41) is 9.19. The molecule has 2 aliphatic rings. The van der Waals surface area contributed by atoms with Gasteiger partial charge in [0.2, 0.25) is 0 Å². The van der Waals surface area contributed by atoms with Gasteiger partial charge in [0.15, 0.2) is 6.04 Å². The molecular formula is C15H15NO5. The lowest BCUT2D eigenvalue weighted by molar-refractivity contribution is -0.156. The van der Waals surface area contributed by atoms with E-state index in [0.29, 0.717) is 12.2 Å². The van der Waals surface area contributed by atoms with Crippen LogP contribution in [-0.4, -0.2) is 54.3 Å². The van der Waals surface area contributed by atoms with Crippen LogP contribution >= 0.6 is 0 Å². The van der Waals surface area contributed by atoms with Gasteiger partial charge in [0.25, 0.3) is 5.91 Å². The van der Waals surface area contributed by atoms with E-state index in [4.69, 9.17) is 9.47 Å². The van der Waals surface area contributed by atoms with Crippen molar-refractivity contribution in [3.05, 3.63) is 35.4 Å². The van der Waals surface area contributed by atoms with Crippen LogP contribution in [0.2, 0.25) is 0 Å². The molecule has 0 aromatic heterocycles. The second kappa shape index (κ2) is 5.57. The Labute approximate surface area is 121 Å². The lowest BCUT2D eigenvalue weighted by atomic mass is 10.1. The van der Waals surface area contributed by atoms with Gasteiger partial charge in [-0.1, -0.05) is 18.2 Å². The molecule has 2 heterocycles. The Morgan fingerprint density at radius 1 is 1.29 bits per heavy atom. The maximum absolute atomic E-state index is 12.5. The summed E-state index contributed by atoms with van der Waals surface area (Å²) in [6, 6.07) is 6.48. The van der Waals surface area contributed by atoms with Crippen molar-refractivity contribution in [2.45, 2.75) is 6.04 Å². The fourth-order valence-corrected chi connectivity index (χ4v) is 2.48. The van der Waals surface area contributed by atoms with Crippen LogP contribution in [0, 0.1) is 0 Å². The summed E-state index contributed by atoms with van der Waals surface area (Å²) in [6.07, 6.45) is 1.76. The zero-order valence-electron chi connectivity index (χ0n) is 11.3. The lowest BCUT2D eigenvalue weighted by Gasteiger charge is -2.34. The van der Waals surface area contributed by atoms with Crippen LogP contribution in [0.5, 0.6) is 5.75 Å². The predicted octanol–water partition coefficient (Wildman–Crippen LogP) is 0.774. The highest BCUT2D eigenvalue weighted by molar-refractivity contribution is 6.01. The number of carboxylic acids is 1. The minimum atomic E-state index is -1.05. The van der Waals surface area contributed by atoms with Gasteiger partial charge in [-0.3, -0.25) is 4.79 Å². The highest BCUT2D eigenvalue weighted by Gasteiger charge is 2.34. The van der Waals surface area contributed by atoms with Gasteiger partial charge < -0.3 is 19.5 Å². The number of amides is 1. The molecule has 0 bridgehead atoms. The zero-order chi connectivity index (χ0) is 14.8. The molecule has 1 N–H and O–H groups in total. The summed E-state index contributed by atoms with van der Waals surface area (Å²) in [4.78, 5) is 25.1. The topological polar surface area (TPSA) is 76.1 Å². The fraction of sp³-hybridized carbons (Fsp3) is 0.333. The predicted molar refractivity (Wildman–Crippen MR) is 73.9 cm³/mol. The molecule has 1 saturated heterocycles. The summed E-state index contributed by atoms with van der Waals surface area (Å²) in [5.74, 6) is -0.633. The molecule has 3 rings (SSSR count). The molecule has 1 aromatic rings. The van der Waals surface area contributed by atoms with Crippen LogP contribution in [0.15, 0.2) is 29.8 Å². The Morgan fingerprint density at radius 2 is 2.10 bits per heavy atom. The van der Waals surface area contributed by atoms with Gasteiger partial charge in [-0.2, -0.15) is 0 Å². The average Bonchev–Trinajstić information content (AvgIpc) is 2.53. The molecule has 1 atom stereocenters. The number of aliphatic carboxylic acids is 1. The van der Waals surface area contributed by atoms with Crippen LogP contribution < -0.4 is 4.74 Å². The summed E-state index contributed by atoms with van der Waals surface area (Å²) in [6.45, 7) is 0.792. The van der Waals surface area contributed by atoms with Crippen molar-refractivity contribution in [3.63, 3.8) is 0 Å². The van der Waals surface area contributed by atoms with Crippen LogP contribution in [-0.2, 0) is 14.3 Å². The second-order valence-electron chi connectivity index (χ2n) is 4.92. The van der Waals surface area contributed by atoms with Gasteiger partial charge in [-0.15, -0.1) is 0 Å². The number of nitrogens with zero attached hydrogens (tertiary/aromatic N) is 1. The van der Waals surface area contributed by atoms with Crippen LogP contribution in [0.1, 0.15) is 5.56 Å². The van der Waals surface area contributed by atoms with Crippen molar-refractivity contribution in [2.75, 3.05) is 26.4 Å². The van der Waals surface area contributed by atoms with Gasteiger partial charge in [-0.05, 0) is 12.1 Å². The molecule has 1 unspecified atom stereocenters. The number of hydrogen-bond donors (Lipinski definition) is 1. The highest BCUT2D eigenvalue weighted by Crippen LogP contribution is 2.27. The number of hydrogen-bond acceptors (Lipinski definition) is 4. The highest BCUT2D eigenvalue weighted by atomic mass is 16.5. The number of carbonyl (C=O) groups excluding carboxylic acids is 1. The molecule has 0 spiro atoms. The number of carboxylic acid groups (broad SMARTS) is 1. The first-order valence-corrected chi connectivity index (χ1v) is 6.71. The van der Waals surface area contributed by atoms with Crippen molar-refractivity contribution in [3.8, 4) is 5.75 Å². The minimum absolute atomic E-state index is 0.0196. The number of morpholine rings is 1. The number of carbonyl (C=O) groups is 2. The van der Waals surface area contributed by atoms with E-state index in [9.17, 15) is 14.7 Å². The second-order valence-corrected chi connectivity index (χ2v) is 4.92. The van der Waals surface area contributed by atoms with Gasteiger partial charge in [0.1, 0.15) is 12.4 Å². The van der Waals surface area contributed by atoms with Crippen LogP contribution in [0.25, 0.3) is 6.08 Å². The Morgan fingerprint density at radius 3 is 2.90 bits per heavy atom. The molecule has 1 fully saturated rings. The Balaban J connectivity index is 1.85. The lowest BCUT2D eigenvalue weighted by Crippen LogP contribution is -2.53. The smallest absolute Gasteiger partial charge is 0.328 e. The summed E-state index contributed by atoms with van der Waals surface area (Å²) >= 11 is 0. The van der Waals surface area contributed by atoms with E-state index in [2.05, 4.69) is 0 Å². The van der Waals surface area contributed by atoms with Crippen LogP contribution in [0.4, 0.5) is 0 Å². The number of para-hydroxylation sites is 1. The summed E-state index contributed by atoms with van der Waals surface area (Å²) < 4.78 is 10.7. The first-order chi connectivity index (χ1) is 10.2. The Hall–Kier alpha value is -2.34. The normalized spacial score (nSPS) is 21.0. The van der Waals surface area contributed by atoms with Gasteiger partial charge in [-0.25, -0.2) is 4.79 Å². The third kappa shape index (κ3) is 2.62. The number of fused-ring (bicyclic) bond motifs is 1. The summed E-state index contributed by atoms with van der Waals surface area (Å²) in [5.41, 5.74) is 1.29. The van der Waals surface area contributed by atoms with Crippen molar-refractivity contribution in [1.82, 2.24) is 4.90 Å². The molecule has 0 saturated carbocycles. The van der Waals surface area contributed by atoms with E-state index in [1.807, 2.05) is 24.3 Å². The first-order valence-electron chi connectivity index (χ1n) is 6.71.